The molecule has 118 valence electrons. The van der Waals surface area contributed by atoms with Crippen LogP contribution >= 0.6 is 0 Å². The average molecular weight is 311 g/mol. The van der Waals surface area contributed by atoms with Gasteiger partial charge >= 0.3 is 0 Å². The van der Waals surface area contributed by atoms with Crippen molar-refractivity contribution in [1.82, 2.24) is 5.32 Å². The van der Waals surface area contributed by atoms with Crippen molar-refractivity contribution >= 4 is 27.8 Å². The fourth-order valence-electron chi connectivity index (χ4n) is 2.49. The third-order valence-corrected chi connectivity index (χ3v) is 3.71. The van der Waals surface area contributed by atoms with Crippen molar-refractivity contribution in [2.24, 2.45) is 0 Å². The van der Waals surface area contributed by atoms with Crippen molar-refractivity contribution in [2.75, 3.05) is 13.2 Å². The molecule has 0 bridgehead atoms. The smallest absolute Gasteiger partial charge is 0.251 e. The summed E-state index contributed by atoms with van der Waals surface area (Å²) in [5, 5.41) is 12.4. The Kier molecular flexibility index (Phi) is 4.39. The lowest BCUT2D eigenvalue weighted by atomic mass is 10.1. The number of benzene rings is 2. The van der Waals surface area contributed by atoms with Crippen molar-refractivity contribution < 1.29 is 14.3 Å². The Bertz CT molecular complexity index is 914. The van der Waals surface area contributed by atoms with Crippen molar-refractivity contribution in [3.05, 3.63) is 58.3 Å². The van der Waals surface area contributed by atoms with Gasteiger partial charge in [-0.2, -0.15) is 0 Å². The highest BCUT2D eigenvalue weighted by Crippen LogP contribution is 2.19. The zero-order valence-corrected chi connectivity index (χ0v) is 12.5. The van der Waals surface area contributed by atoms with Crippen LogP contribution in [0.4, 0.5) is 0 Å². The number of carbonyl (C=O) groups is 1. The molecule has 2 N–H and O–H groups in total. The third kappa shape index (κ3) is 3.10. The maximum atomic E-state index is 12.5. The summed E-state index contributed by atoms with van der Waals surface area (Å²) >= 11 is 0. The van der Waals surface area contributed by atoms with E-state index in [0.29, 0.717) is 46.9 Å². The number of nitrogens with one attached hydrogen (secondary N) is 1. The van der Waals surface area contributed by atoms with Crippen LogP contribution in [0.3, 0.4) is 0 Å². The van der Waals surface area contributed by atoms with Gasteiger partial charge in [0.2, 0.25) is 5.43 Å². The first-order valence-corrected chi connectivity index (χ1v) is 7.55. The Morgan fingerprint density at radius 2 is 1.83 bits per heavy atom. The first-order valence-electron chi connectivity index (χ1n) is 7.55. The van der Waals surface area contributed by atoms with E-state index in [-0.39, 0.29) is 17.9 Å². The Hall–Kier alpha value is -2.66. The van der Waals surface area contributed by atoms with E-state index in [1.54, 1.807) is 36.4 Å². The highest BCUT2D eigenvalue weighted by molar-refractivity contribution is 5.99. The number of para-hydroxylation sites is 1. The molecule has 1 amide bonds. The number of rotatable bonds is 5. The van der Waals surface area contributed by atoms with Gasteiger partial charge in [0.25, 0.3) is 5.91 Å². The second-order valence-electron chi connectivity index (χ2n) is 5.32. The van der Waals surface area contributed by atoms with Crippen LogP contribution in [-0.4, -0.2) is 24.2 Å². The lowest BCUT2D eigenvalue weighted by Crippen LogP contribution is -2.24. The predicted molar refractivity (Wildman–Crippen MR) is 88.6 cm³/mol. The fourth-order valence-corrected chi connectivity index (χ4v) is 2.49. The Labute approximate surface area is 132 Å². The first-order chi connectivity index (χ1) is 11.2. The van der Waals surface area contributed by atoms with Crippen molar-refractivity contribution in [3.63, 3.8) is 0 Å². The second-order valence-corrected chi connectivity index (χ2v) is 5.32. The molecule has 0 atom stereocenters. The van der Waals surface area contributed by atoms with Gasteiger partial charge in [-0.25, -0.2) is 0 Å². The van der Waals surface area contributed by atoms with Crippen LogP contribution in [0, 0.1) is 0 Å². The lowest BCUT2D eigenvalue weighted by Gasteiger charge is -2.06. The Morgan fingerprint density at radius 1 is 1.04 bits per heavy atom. The van der Waals surface area contributed by atoms with Crippen molar-refractivity contribution in [1.29, 1.82) is 0 Å². The minimum absolute atomic E-state index is 0.111. The topological polar surface area (TPSA) is 79.5 Å². The van der Waals surface area contributed by atoms with E-state index in [0.717, 1.165) is 0 Å². The van der Waals surface area contributed by atoms with Crippen LogP contribution in [0.5, 0.6) is 0 Å². The zero-order chi connectivity index (χ0) is 16.2. The molecule has 0 aliphatic heterocycles. The number of carbonyl (C=O) groups excluding carboxylic acids is 1. The van der Waals surface area contributed by atoms with Crippen molar-refractivity contribution in [3.8, 4) is 0 Å². The van der Waals surface area contributed by atoms with Gasteiger partial charge in [0.1, 0.15) is 11.2 Å². The van der Waals surface area contributed by atoms with Gasteiger partial charge < -0.3 is 14.8 Å². The molecule has 0 saturated heterocycles. The van der Waals surface area contributed by atoms with Gasteiger partial charge in [0, 0.05) is 18.7 Å². The molecule has 1 heterocycles. The predicted octanol–water partition coefficient (Wildman–Crippen LogP) is 2.45. The van der Waals surface area contributed by atoms with Crippen molar-refractivity contribution in [2.45, 2.75) is 12.8 Å². The lowest BCUT2D eigenvalue weighted by molar-refractivity contribution is 0.0952. The molecule has 0 radical (unpaired) electrons. The van der Waals surface area contributed by atoms with E-state index in [9.17, 15) is 9.59 Å². The van der Waals surface area contributed by atoms with Crippen LogP contribution in [0.15, 0.2) is 51.7 Å². The molecule has 3 aromatic rings. The largest absolute Gasteiger partial charge is 0.456 e. The van der Waals surface area contributed by atoms with Gasteiger partial charge in [0.05, 0.1) is 10.8 Å². The summed E-state index contributed by atoms with van der Waals surface area (Å²) in [7, 11) is 0. The molecule has 0 aliphatic rings. The number of aliphatic hydroxyl groups excluding tert-OH is 1. The molecule has 0 fully saturated rings. The summed E-state index contributed by atoms with van der Waals surface area (Å²) in [6.07, 6.45) is 1.36. The van der Waals surface area contributed by atoms with E-state index in [1.807, 2.05) is 6.07 Å². The van der Waals surface area contributed by atoms with E-state index in [2.05, 4.69) is 5.32 Å². The number of aliphatic hydroxyl groups is 1. The quantitative estimate of drug-likeness (QED) is 0.560. The van der Waals surface area contributed by atoms with E-state index < -0.39 is 0 Å². The molecular weight excluding hydrogens is 294 g/mol. The molecule has 0 aliphatic carbocycles. The average Bonchev–Trinajstić information content (AvgIpc) is 2.58. The van der Waals surface area contributed by atoms with Gasteiger partial charge in [-0.1, -0.05) is 12.1 Å². The maximum absolute atomic E-state index is 12.5. The summed E-state index contributed by atoms with van der Waals surface area (Å²) in [6.45, 7) is 0.601. The fraction of sp³-hybridized carbons (Fsp3) is 0.222. The van der Waals surface area contributed by atoms with Crippen LogP contribution < -0.4 is 10.7 Å². The molecule has 5 nitrogen and oxygen atoms in total. The summed E-state index contributed by atoms with van der Waals surface area (Å²) < 4.78 is 5.72. The molecule has 0 saturated carbocycles. The Morgan fingerprint density at radius 3 is 2.65 bits per heavy atom. The monoisotopic (exact) mass is 311 g/mol. The molecule has 5 heteroatoms. The number of amides is 1. The van der Waals surface area contributed by atoms with Gasteiger partial charge in [-0.3, -0.25) is 9.59 Å². The molecule has 0 unspecified atom stereocenters. The minimum atomic E-state index is -0.239. The molecule has 3 rings (SSSR count). The summed E-state index contributed by atoms with van der Waals surface area (Å²) in [5.74, 6) is -0.239. The highest BCUT2D eigenvalue weighted by atomic mass is 16.3. The van der Waals surface area contributed by atoms with Gasteiger partial charge in [0.15, 0.2) is 0 Å². The third-order valence-electron chi connectivity index (χ3n) is 3.71. The first kappa shape index (κ1) is 15.2. The van der Waals surface area contributed by atoms with Gasteiger partial charge in [-0.05, 0) is 43.2 Å². The highest BCUT2D eigenvalue weighted by Gasteiger charge is 2.11. The number of unbranched alkanes of at least 4 members (excludes halogenated alkanes) is 1. The van der Waals surface area contributed by atoms with Crippen LogP contribution in [0.25, 0.3) is 21.9 Å². The number of fused-ring (bicyclic) bond motifs is 2. The van der Waals surface area contributed by atoms with E-state index >= 15 is 0 Å². The number of hydrogen-bond acceptors (Lipinski definition) is 4. The maximum Gasteiger partial charge on any atom is 0.251 e. The zero-order valence-electron chi connectivity index (χ0n) is 12.5. The van der Waals surface area contributed by atoms with Crippen LogP contribution in [0.1, 0.15) is 23.2 Å². The standard InChI is InChI=1S/C18H17NO4/c20-10-4-3-9-19-18(22)12-7-8-16-14(11-12)17(21)13-5-1-2-6-15(13)23-16/h1-2,5-8,11,20H,3-4,9-10H2,(H,19,22). The second kappa shape index (κ2) is 6.62. The molecule has 23 heavy (non-hydrogen) atoms. The molecular formula is C18H17NO4. The van der Waals surface area contributed by atoms with Gasteiger partial charge in [-0.15, -0.1) is 0 Å². The van der Waals surface area contributed by atoms with Crippen LogP contribution in [0.2, 0.25) is 0 Å². The summed E-state index contributed by atoms with van der Waals surface area (Å²) in [4.78, 5) is 24.7. The van der Waals surface area contributed by atoms with E-state index in [1.165, 1.54) is 0 Å². The summed E-state index contributed by atoms with van der Waals surface area (Å²) in [6, 6.07) is 11.9. The van der Waals surface area contributed by atoms with E-state index in [4.69, 9.17) is 9.52 Å². The minimum Gasteiger partial charge on any atom is -0.456 e. The van der Waals surface area contributed by atoms with Crippen LogP contribution in [-0.2, 0) is 0 Å². The number of hydrogen-bond donors (Lipinski definition) is 2. The molecule has 0 spiro atoms. The normalized spacial score (nSPS) is 11.0. The Balaban J connectivity index is 1.95. The molecule has 2 aromatic carbocycles. The SMILES string of the molecule is O=C(NCCCCO)c1ccc2oc3ccccc3c(=O)c2c1. The molecule has 1 aromatic heterocycles. The summed E-state index contributed by atoms with van der Waals surface area (Å²) in [5.41, 5.74) is 1.28.